The zero-order chi connectivity index (χ0) is 11.0. The number of nitrogens with two attached hydrogens (primary N) is 1. The topological polar surface area (TPSA) is 69.9 Å². The number of aryl methyl sites for hydroxylation is 1. The van der Waals surface area contributed by atoms with E-state index in [1.54, 1.807) is 4.68 Å². The Hall–Kier alpha value is -1.36. The summed E-state index contributed by atoms with van der Waals surface area (Å²) in [5.41, 5.74) is 8.19. The van der Waals surface area contributed by atoms with Crippen LogP contribution in [0.1, 0.15) is 25.2 Å². The maximum absolute atomic E-state index is 5.64. The molecule has 0 aliphatic rings. The van der Waals surface area contributed by atoms with Crippen LogP contribution in [0.3, 0.4) is 0 Å². The number of nitrogens with zero attached hydrogens (tertiary/aromatic N) is 3. The third-order valence-corrected chi connectivity index (χ3v) is 2.39. The third kappa shape index (κ3) is 1.63. The second-order valence-corrected chi connectivity index (χ2v) is 4.18. The third-order valence-electron chi connectivity index (χ3n) is 2.39. The van der Waals surface area contributed by atoms with E-state index in [1.165, 1.54) is 0 Å². The summed E-state index contributed by atoms with van der Waals surface area (Å²) in [6.07, 6.45) is 0.895. The number of rotatable bonds is 3. The maximum atomic E-state index is 5.64. The van der Waals surface area contributed by atoms with Crippen molar-refractivity contribution in [2.24, 2.45) is 18.7 Å². The van der Waals surface area contributed by atoms with E-state index in [1.807, 2.05) is 7.05 Å². The van der Waals surface area contributed by atoms with Crippen molar-refractivity contribution in [1.82, 2.24) is 14.9 Å². The molecule has 0 saturated heterocycles. The molecule has 0 radical (unpaired) electrons. The Bertz CT molecular complexity index is 469. The largest absolute Gasteiger partial charge is 0.336 e. The van der Waals surface area contributed by atoms with Gasteiger partial charge in [0.1, 0.15) is 0 Å². The monoisotopic (exact) mass is 208 g/mol. The van der Waals surface area contributed by atoms with E-state index in [0.717, 1.165) is 23.2 Å². The average molecular weight is 208 g/mol. The first-order chi connectivity index (χ1) is 7.13. The second kappa shape index (κ2) is 3.66. The van der Waals surface area contributed by atoms with Crippen LogP contribution < -0.4 is 5.73 Å². The van der Waals surface area contributed by atoms with Crippen LogP contribution in [0.4, 0.5) is 0 Å². The lowest BCUT2D eigenvalue weighted by Crippen LogP contribution is -2.01. The molecule has 0 unspecified atom stereocenters. The Morgan fingerprint density at radius 3 is 2.73 bits per heavy atom. The summed E-state index contributed by atoms with van der Waals surface area (Å²) < 4.78 is 6.95. The van der Waals surface area contributed by atoms with E-state index in [2.05, 4.69) is 24.1 Å². The van der Waals surface area contributed by atoms with E-state index in [-0.39, 0.29) is 0 Å². The van der Waals surface area contributed by atoms with Crippen molar-refractivity contribution < 1.29 is 4.52 Å². The predicted molar refractivity (Wildman–Crippen MR) is 57.2 cm³/mol. The quantitative estimate of drug-likeness (QED) is 0.823. The Kier molecular flexibility index (Phi) is 2.48. The van der Waals surface area contributed by atoms with Gasteiger partial charge < -0.3 is 10.3 Å². The summed E-state index contributed by atoms with van der Waals surface area (Å²) in [6.45, 7) is 4.72. The van der Waals surface area contributed by atoms with Gasteiger partial charge in [0.25, 0.3) is 5.71 Å². The molecular formula is C10H16N4O. The fourth-order valence-corrected chi connectivity index (χ4v) is 1.77. The molecule has 0 saturated carbocycles. The molecule has 0 spiro atoms. The minimum Gasteiger partial charge on any atom is -0.336 e. The van der Waals surface area contributed by atoms with Crippen molar-refractivity contribution in [3.8, 4) is 0 Å². The lowest BCUT2D eigenvalue weighted by Gasteiger charge is -1.99. The molecule has 82 valence electrons. The summed E-state index contributed by atoms with van der Waals surface area (Å²) in [5, 5.41) is 9.36. The van der Waals surface area contributed by atoms with Crippen LogP contribution >= 0.6 is 0 Å². The minimum absolute atomic E-state index is 0.420. The zero-order valence-electron chi connectivity index (χ0n) is 9.32. The number of fused-ring (bicyclic) bond motifs is 1. The highest BCUT2D eigenvalue weighted by Gasteiger charge is 2.18. The van der Waals surface area contributed by atoms with Gasteiger partial charge in [-0.2, -0.15) is 5.10 Å². The molecule has 2 heterocycles. The van der Waals surface area contributed by atoms with Crippen molar-refractivity contribution in [2.75, 3.05) is 0 Å². The Balaban J connectivity index is 2.56. The molecule has 0 aliphatic heterocycles. The number of hydrogen-bond donors (Lipinski definition) is 1. The fraction of sp³-hybridized carbons (Fsp3) is 0.600. The molecule has 5 nitrogen and oxygen atoms in total. The highest BCUT2D eigenvalue weighted by Crippen LogP contribution is 2.23. The van der Waals surface area contributed by atoms with Gasteiger partial charge in [-0.3, -0.25) is 0 Å². The van der Waals surface area contributed by atoms with Crippen LogP contribution in [-0.2, 0) is 20.0 Å². The smallest absolute Gasteiger partial charge is 0.256 e. The summed E-state index contributed by atoms with van der Waals surface area (Å²) in [6, 6.07) is 0. The van der Waals surface area contributed by atoms with Gasteiger partial charge in [-0.25, -0.2) is 4.68 Å². The summed E-state index contributed by atoms with van der Waals surface area (Å²) in [5.74, 6) is 0.545. The van der Waals surface area contributed by atoms with Crippen LogP contribution in [0, 0.1) is 5.92 Å². The molecule has 0 bridgehead atoms. The lowest BCUT2D eigenvalue weighted by atomic mass is 10.1. The molecule has 0 aromatic carbocycles. The molecule has 2 aromatic heterocycles. The summed E-state index contributed by atoms with van der Waals surface area (Å²) >= 11 is 0. The van der Waals surface area contributed by atoms with Crippen LogP contribution in [0.25, 0.3) is 11.1 Å². The lowest BCUT2D eigenvalue weighted by molar-refractivity contribution is 0.418. The molecule has 5 heteroatoms. The van der Waals surface area contributed by atoms with Crippen LogP contribution in [-0.4, -0.2) is 14.9 Å². The van der Waals surface area contributed by atoms with Crippen LogP contribution in [0.2, 0.25) is 0 Å². The van der Waals surface area contributed by atoms with Crippen molar-refractivity contribution >= 4 is 11.1 Å². The van der Waals surface area contributed by atoms with E-state index in [9.17, 15) is 0 Å². The van der Waals surface area contributed by atoms with Crippen molar-refractivity contribution in [3.05, 3.63) is 11.4 Å². The van der Waals surface area contributed by atoms with Gasteiger partial charge in [0, 0.05) is 13.6 Å². The molecule has 0 aliphatic carbocycles. The first kappa shape index (κ1) is 10.2. The fourth-order valence-electron chi connectivity index (χ4n) is 1.77. The van der Waals surface area contributed by atoms with Gasteiger partial charge in [0.2, 0.25) is 0 Å². The van der Waals surface area contributed by atoms with Gasteiger partial charge in [0.05, 0.1) is 16.8 Å². The van der Waals surface area contributed by atoms with Gasteiger partial charge in [0.15, 0.2) is 0 Å². The molecule has 15 heavy (non-hydrogen) atoms. The normalized spacial score (nSPS) is 11.8. The number of hydrogen-bond acceptors (Lipinski definition) is 4. The molecule has 2 rings (SSSR count). The Morgan fingerprint density at radius 1 is 1.40 bits per heavy atom. The van der Waals surface area contributed by atoms with Gasteiger partial charge in [-0.1, -0.05) is 19.0 Å². The first-order valence-corrected chi connectivity index (χ1v) is 5.13. The first-order valence-electron chi connectivity index (χ1n) is 5.13. The maximum Gasteiger partial charge on any atom is 0.256 e. The average Bonchev–Trinajstić information content (AvgIpc) is 2.69. The molecule has 0 fully saturated rings. The SMILES string of the molecule is CC(C)Cc1noc2c1c(CN)nn2C. The summed E-state index contributed by atoms with van der Waals surface area (Å²) in [4.78, 5) is 0. The Morgan fingerprint density at radius 2 is 2.13 bits per heavy atom. The Labute approximate surface area is 88.2 Å². The molecule has 0 atom stereocenters. The van der Waals surface area contributed by atoms with Gasteiger partial charge in [-0.15, -0.1) is 0 Å². The van der Waals surface area contributed by atoms with E-state index in [4.69, 9.17) is 10.3 Å². The highest BCUT2D eigenvalue weighted by atomic mass is 16.5. The minimum atomic E-state index is 0.420. The molecule has 2 aromatic rings. The number of aromatic nitrogens is 3. The van der Waals surface area contributed by atoms with Gasteiger partial charge >= 0.3 is 0 Å². The second-order valence-electron chi connectivity index (χ2n) is 4.18. The van der Waals surface area contributed by atoms with Gasteiger partial charge in [-0.05, 0) is 12.3 Å². The predicted octanol–water partition coefficient (Wildman–Crippen LogP) is 1.22. The van der Waals surface area contributed by atoms with E-state index in [0.29, 0.717) is 18.2 Å². The van der Waals surface area contributed by atoms with E-state index >= 15 is 0 Å². The molecule has 0 amide bonds. The van der Waals surface area contributed by atoms with Crippen LogP contribution in [0.15, 0.2) is 4.52 Å². The van der Waals surface area contributed by atoms with Crippen molar-refractivity contribution in [2.45, 2.75) is 26.8 Å². The van der Waals surface area contributed by atoms with Crippen LogP contribution in [0.5, 0.6) is 0 Å². The van der Waals surface area contributed by atoms with Crippen molar-refractivity contribution in [3.63, 3.8) is 0 Å². The summed E-state index contributed by atoms with van der Waals surface area (Å²) in [7, 11) is 1.84. The standard InChI is InChI=1S/C10H16N4O/c1-6(2)4-7-9-8(5-11)12-14(3)10(9)15-13-7/h6H,4-5,11H2,1-3H3. The highest BCUT2D eigenvalue weighted by molar-refractivity contribution is 5.79. The molecular weight excluding hydrogens is 192 g/mol. The molecule has 2 N–H and O–H groups in total. The zero-order valence-corrected chi connectivity index (χ0v) is 9.32. The van der Waals surface area contributed by atoms with Crippen molar-refractivity contribution in [1.29, 1.82) is 0 Å². The van der Waals surface area contributed by atoms with E-state index < -0.39 is 0 Å².